The molecule has 0 bridgehead atoms. The van der Waals surface area contributed by atoms with Gasteiger partial charge in [0, 0.05) is 5.39 Å². The highest BCUT2D eigenvalue weighted by atomic mass is 16.3. The lowest BCUT2D eigenvalue weighted by atomic mass is 10.1. The van der Waals surface area contributed by atoms with Gasteiger partial charge in [-0.1, -0.05) is 55.8 Å². The summed E-state index contributed by atoms with van der Waals surface area (Å²) in [4.78, 5) is 12.8. The molecule has 0 radical (unpaired) electrons. The lowest BCUT2D eigenvalue weighted by Crippen LogP contribution is -2.14. The lowest BCUT2D eigenvalue weighted by molar-refractivity contribution is 0.482. The van der Waals surface area contributed by atoms with E-state index in [1.807, 2.05) is 54.6 Å². The van der Waals surface area contributed by atoms with Crippen molar-refractivity contribution in [2.75, 3.05) is 0 Å². The maximum atomic E-state index is 12.8. The molecule has 2 N–H and O–H groups in total. The quantitative estimate of drug-likeness (QED) is 0.431. The van der Waals surface area contributed by atoms with E-state index in [-0.39, 0.29) is 17.0 Å². The van der Waals surface area contributed by atoms with Gasteiger partial charge in [-0.2, -0.15) is 0 Å². The molecule has 0 saturated heterocycles. The highest BCUT2D eigenvalue weighted by Crippen LogP contribution is 2.35. The molecular weight excluding hydrogens is 364 g/mol. The summed E-state index contributed by atoms with van der Waals surface area (Å²) in [5, 5.41) is 23.4. The summed E-state index contributed by atoms with van der Waals surface area (Å²) in [5.74, 6) is 0.0480. The monoisotopic (exact) mass is 386 g/mol. The molecule has 6 heteroatoms. The van der Waals surface area contributed by atoms with E-state index < -0.39 is 0 Å². The molecule has 1 heterocycles. The number of rotatable bonds is 5. The molecule has 0 fully saturated rings. The number of aryl methyl sites for hydroxylation is 2. The Kier molecular flexibility index (Phi) is 4.99. The summed E-state index contributed by atoms with van der Waals surface area (Å²) in [7, 11) is 0. The third-order valence-electron chi connectivity index (χ3n) is 4.91. The normalized spacial score (nSPS) is 11.5. The average molecular weight is 386 g/mol. The first kappa shape index (κ1) is 18.7. The highest BCUT2D eigenvalue weighted by Gasteiger charge is 2.13. The molecule has 0 saturated carbocycles. The van der Waals surface area contributed by atoms with E-state index in [0.29, 0.717) is 16.8 Å². The zero-order valence-corrected chi connectivity index (χ0v) is 16.4. The third kappa shape index (κ3) is 3.57. The highest BCUT2D eigenvalue weighted by molar-refractivity contribution is 5.92. The Morgan fingerprint density at radius 1 is 1.00 bits per heavy atom. The van der Waals surface area contributed by atoms with Crippen LogP contribution >= 0.6 is 0 Å². The molecule has 3 aromatic carbocycles. The number of benzene rings is 3. The van der Waals surface area contributed by atoms with Crippen molar-refractivity contribution in [3.05, 3.63) is 82.3 Å². The number of azo groups is 1. The molecule has 1 aromatic heterocycles. The van der Waals surface area contributed by atoms with Crippen molar-refractivity contribution in [3.8, 4) is 11.4 Å². The minimum Gasteiger partial charge on any atom is -0.505 e. The number of fused-ring (bicyclic) bond motifs is 1. The fourth-order valence-electron chi connectivity index (χ4n) is 3.37. The number of nitrogens with one attached hydrogen (secondary N) is 1. The van der Waals surface area contributed by atoms with E-state index in [2.05, 4.69) is 22.3 Å². The maximum absolute atomic E-state index is 12.8. The van der Waals surface area contributed by atoms with E-state index in [1.165, 1.54) is 10.2 Å². The Balaban J connectivity index is 1.68. The predicted octanol–water partition coefficient (Wildman–Crippen LogP) is 5.70. The minimum atomic E-state index is -0.283. The third-order valence-corrected chi connectivity index (χ3v) is 4.91. The largest absolute Gasteiger partial charge is 0.505 e. The minimum absolute atomic E-state index is 0.0480. The van der Waals surface area contributed by atoms with E-state index in [9.17, 15) is 9.90 Å². The number of aromatic nitrogens is 2. The van der Waals surface area contributed by atoms with E-state index >= 15 is 0 Å². The van der Waals surface area contributed by atoms with Gasteiger partial charge in [0.1, 0.15) is 5.69 Å². The zero-order chi connectivity index (χ0) is 20.4. The summed E-state index contributed by atoms with van der Waals surface area (Å²) in [6, 6.07) is 18.9. The molecular formula is C23H22N4O2. The van der Waals surface area contributed by atoms with Crippen molar-refractivity contribution in [1.29, 1.82) is 0 Å². The standard InChI is InChI=1S/C23H22N4O2/c1-3-6-16-9-12-18(13-10-16)27-23(29)21(15(2)26-27)25-24-20-14-11-17-7-4-5-8-19(17)22(20)28/h4-5,7-14,26,28H,3,6H2,1-2H3. The number of hydrogen-bond donors (Lipinski definition) is 2. The number of phenolic OH excluding ortho intramolecular Hbond substituents is 1. The summed E-state index contributed by atoms with van der Waals surface area (Å²) in [5.41, 5.74) is 2.84. The van der Waals surface area contributed by atoms with Gasteiger partial charge in [0.15, 0.2) is 11.4 Å². The van der Waals surface area contributed by atoms with Gasteiger partial charge in [0.2, 0.25) is 0 Å². The Labute approximate surface area is 168 Å². The Hall–Kier alpha value is -3.67. The van der Waals surface area contributed by atoms with Crippen LogP contribution in [0.3, 0.4) is 0 Å². The van der Waals surface area contributed by atoms with Gasteiger partial charge in [-0.3, -0.25) is 9.89 Å². The van der Waals surface area contributed by atoms with Gasteiger partial charge in [-0.25, -0.2) is 4.68 Å². The van der Waals surface area contributed by atoms with Crippen LogP contribution < -0.4 is 5.56 Å². The van der Waals surface area contributed by atoms with Crippen LogP contribution in [0.25, 0.3) is 16.5 Å². The molecule has 4 aromatic rings. The van der Waals surface area contributed by atoms with Crippen LogP contribution in [0.1, 0.15) is 24.6 Å². The molecule has 0 aliphatic carbocycles. The number of hydrogen-bond acceptors (Lipinski definition) is 4. The summed E-state index contributed by atoms with van der Waals surface area (Å²) < 4.78 is 1.46. The fourth-order valence-corrected chi connectivity index (χ4v) is 3.37. The van der Waals surface area contributed by atoms with Crippen LogP contribution in [-0.4, -0.2) is 14.9 Å². The second-order valence-electron chi connectivity index (χ2n) is 7.00. The molecule has 0 unspecified atom stereocenters. The maximum Gasteiger partial charge on any atom is 0.299 e. The van der Waals surface area contributed by atoms with E-state index in [0.717, 1.165) is 23.9 Å². The molecule has 0 aliphatic rings. The molecule has 4 rings (SSSR count). The summed E-state index contributed by atoms with van der Waals surface area (Å²) in [6.07, 6.45) is 2.08. The lowest BCUT2D eigenvalue weighted by Gasteiger charge is -2.03. The zero-order valence-electron chi connectivity index (χ0n) is 16.4. The molecule has 146 valence electrons. The first-order valence-electron chi connectivity index (χ1n) is 9.62. The topological polar surface area (TPSA) is 82.7 Å². The van der Waals surface area contributed by atoms with Gasteiger partial charge < -0.3 is 5.11 Å². The van der Waals surface area contributed by atoms with Gasteiger partial charge >= 0.3 is 0 Å². The van der Waals surface area contributed by atoms with Crippen LogP contribution in [0.5, 0.6) is 5.75 Å². The summed E-state index contributed by atoms with van der Waals surface area (Å²) in [6.45, 7) is 3.91. The molecule has 0 aliphatic heterocycles. The Bertz CT molecular complexity index is 1250. The average Bonchev–Trinajstić information content (AvgIpc) is 3.02. The SMILES string of the molecule is CCCc1ccc(-n2[nH]c(C)c(N=Nc3ccc4ccccc4c3O)c2=O)cc1. The number of H-pyrrole nitrogens is 1. The van der Waals surface area contributed by atoms with E-state index in [1.54, 1.807) is 13.0 Å². The van der Waals surface area contributed by atoms with Crippen molar-refractivity contribution >= 4 is 22.1 Å². The van der Waals surface area contributed by atoms with Crippen LogP contribution in [0.2, 0.25) is 0 Å². The smallest absolute Gasteiger partial charge is 0.299 e. The number of aromatic hydroxyl groups is 1. The molecule has 0 spiro atoms. The van der Waals surface area contributed by atoms with Crippen molar-refractivity contribution in [2.24, 2.45) is 10.2 Å². The molecule has 29 heavy (non-hydrogen) atoms. The van der Waals surface area contributed by atoms with Crippen molar-refractivity contribution in [1.82, 2.24) is 9.78 Å². The first-order valence-corrected chi connectivity index (χ1v) is 9.62. The van der Waals surface area contributed by atoms with Crippen molar-refractivity contribution in [3.63, 3.8) is 0 Å². The Morgan fingerprint density at radius 3 is 2.52 bits per heavy atom. The van der Waals surface area contributed by atoms with Gasteiger partial charge in [0.25, 0.3) is 5.56 Å². The Morgan fingerprint density at radius 2 is 1.76 bits per heavy atom. The van der Waals surface area contributed by atoms with E-state index in [4.69, 9.17) is 0 Å². The van der Waals surface area contributed by atoms with Gasteiger partial charge in [0.05, 0.1) is 11.4 Å². The van der Waals surface area contributed by atoms with Crippen LogP contribution in [0, 0.1) is 6.92 Å². The summed E-state index contributed by atoms with van der Waals surface area (Å²) >= 11 is 0. The molecule has 6 nitrogen and oxygen atoms in total. The number of nitrogens with zero attached hydrogens (tertiary/aromatic N) is 3. The first-order chi connectivity index (χ1) is 14.1. The molecule has 0 amide bonds. The van der Waals surface area contributed by atoms with Gasteiger partial charge in [-0.15, -0.1) is 10.2 Å². The van der Waals surface area contributed by atoms with Gasteiger partial charge in [-0.05, 0) is 42.5 Å². The predicted molar refractivity (Wildman–Crippen MR) is 115 cm³/mol. The fraction of sp³-hybridized carbons (Fsp3) is 0.174. The van der Waals surface area contributed by atoms with Crippen LogP contribution in [0.4, 0.5) is 11.4 Å². The van der Waals surface area contributed by atoms with Crippen LogP contribution in [0.15, 0.2) is 75.7 Å². The number of aromatic amines is 1. The second kappa shape index (κ2) is 7.75. The van der Waals surface area contributed by atoms with Crippen molar-refractivity contribution in [2.45, 2.75) is 26.7 Å². The van der Waals surface area contributed by atoms with Crippen LogP contribution in [-0.2, 0) is 6.42 Å². The molecule has 0 atom stereocenters. The van der Waals surface area contributed by atoms with Crippen molar-refractivity contribution < 1.29 is 5.11 Å². The second-order valence-corrected chi connectivity index (χ2v) is 7.00. The number of phenols is 1.